The highest BCUT2D eigenvalue weighted by Gasteiger charge is 2.39. The first-order valence-electron chi connectivity index (χ1n) is 9.49. The molecule has 0 saturated heterocycles. The van der Waals surface area contributed by atoms with Crippen LogP contribution >= 0.6 is 0 Å². The van der Waals surface area contributed by atoms with E-state index in [2.05, 4.69) is 37.9 Å². The standard InChI is InChI=1S/C19H38N2/c1-5-20-14-19(11-6-7-17(4)13-19)15-21(18-8-9-18)12-10-16(2)3/h16-18,20H,5-15H2,1-4H3. The van der Waals surface area contributed by atoms with Gasteiger partial charge < -0.3 is 5.32 Å². The van der Waals surface area contributed by atoms with Crippen LogP contribution in [-0.2, 0) is 0 Å². The molecule has 124 valence electrons. The minimum absolute atomic E-state index is 0.549. The highest BCUT2D eigenvalue weighted by Crippen LogP contribution is 2.41. The van der Waals surface area contributed by atoms with E-state index in [9.17, 15) is 0 Å². The van der Waals surface area contributed by atoms with Crippen LogP contribution in [0.1, 0.15) is 72.6 Å². The molecule has 2 unspecified atom stereocenters. The predicted molar refractivity (Wildman–Crippen MR) is 92.7 cm³/mol. The van der Waals surface area contributed by atoms with Crippen LogP contribution in [0.3, 0.4) is 0 Å². The lowest BCUT2D eigenvalue weighted by molar-refractivity contribution is 0.0739. The highest BCUT2D eigenvalue weighted by atomic mass is 15.2. The van der Waals surface area contributed by atoms with Crippen molar-refractivity contribution in [2.45, 2.75) is 78.7 Å². The highest BCUT2D eigenvalue weighted by molar-refractivity contribution is 4.94. The summed E-state index contributed by atoms with van der Waals surface area (Å²) in [5.41, 5.74) is 0.549. The summed E-state index contributed by atoms with van der Waals surface area (Å²) < 4.78 is 0. The zero-order valence-electron chi connectivity index (χ0n) is 15.0. The first-order chi connectivity index (χ1) is 10.0. The first kappa shape index (κ1) is 17.3. The van der Waals surface area contributed by atoms with Crippen LogP contribution in [0.4, 0.5) is 0 Å². The minimum Gasteiger partial charge on any atom is -0.316 e. The van der Waals surface area contributed by atoms with Gasteiger partial charge in [-0.25, -0.2) is 0 Å². The van der Waals surface area contributed by atoms with Crippen molar-refractivity contribution in [3.8, 4) is 0 Å². The Bertz CT molecular complexity index is 298. The summed E-state index contributed by atoms with van der Waals surface area (Å²) in [6.07, 6.45) is 10.0. The van der Waals surface area contributed by atoms with Crippen molar-refractivity contribution in [2.24, 2.45) is 17.3 Å². The molecule has 2 saturated carbocycles. The average molecular weight is 295 g/mol. The van der Waals surface area contributed by atoms with Crippen LogP contribution in [0, 0.1) is 17.3 Å². The molecule has 0 spiro atoms. The van der Waals surface area contributed by atoms with E-state index in [1.807, 2.05) is 0 Å². The number of nitrogens with one attached hydrogen (secondary N) is 1. The van der Waals surface area contributed by atoms with E-state index in [1.54, 1.807) is 0 Å². The summed E-state index contributed by atoms with van der Waals surface area (Å²) >= 11 is 0. The predicted octanol–water partition coefficient (Wildman–Crippen LogP) is 4.30. The molecule has 2 aliphatic rings. The van der Waals surface area contributed by atoms with Gasteiger partial charge in [0.2, 0.25) is 0 Å². The molecule has 0 aromatic carbocycles. The SMILES string of the molecule is CCNCC1(CN(CCC(C)C)C2CC2)CCCC(C)C1. The fourth-order valence-corrected chi connectivity index (χ4v) is 4.20. The normalized spacial score (nSPS) is 30.3. The Kier molecular flexibility index (Phi) is 6.55. The Morgan fingerprint density at radius 2 is 2.00 bits per heavy atom. The summed E-state index contributed by atoms with van der Waals surface area (Å²) in [5, 5.41) is 3.68. The van der Waals surface area contributed by atoms with Gasteiger partial charge in [0, 0.05) is 19.1 Å². The average Bonchev–Trinajstić information content (AvgIpc) is 3.26. The fourth-order valence-electron chi connectivity index (χ4n) is 4.20. The fraction of sp³-hybridized carbons (Fsp3) is 1.00. The molecule has 2 nitrogen and oxygen atoms in total. The molecule has 2 atom stereocenters. The van der Waals surface area contributed by atoms with E-state index in [4.69, 9.17) is 0 Å². The maximum absolute atomic E-state index is 3.68. The molecule has 0 radical (unpaired) electrons. The third kappa shape index (κ3) is 5.56. The van der Waals surface area contributed by atoms with Gasteiger partial charge in [-0.15, -0.1) is 0 Å². The van der Waals surface area contributed by atoms with Crippen molar-refractivity contribution < 1.29 is 0 Å². The van der Waals surface area contributed by atoms with Gasteiger partial charge in [-0.3, -0.25) is 4.90 Å². The molecule has 0 amide bonds. The van der Waals surface area contributed by atoms with Crippen molar-refractivity contribution >= 4 is 0 Å². The molecule has 2 rings (SSSR count). The van der Waals surface area contributed by atoms with E-state index >= 15 is 0 Å². The number of hydrogen-bond acceptors (Lipinski definition) is 2. The summed E-state index contributed by atoms with van der Waals surface area (Å²) in [4.78, 5) is 2.86. The summed E-state index contributed by atoms with van der Waals surface area (Å²) in [7, 11) is 0. The topological polar surface area (TPSA) is 15.3 Å². The Morgan fingerprint density at radius 1 is 1.24 bits per heavy atom. The molecule has 0 bridgehead atoms. The van der Waals surface area contributed by atoms with Crippen molar-refractivity contribution in [3.05, 3.63) is 0 Å². The minimum atomic E-state index is 0.549. The molecular weight excluding hydrogens is 256 g/mol. The van der Waals surface area contributed by atoms with Crippen molar-refractivity contribution in [1.29, 1.82) is 0 Å². The van der Waals surface area contributed by atoms with Crippen molar-refractivity contribution in [1.82, 2.24) is 10.2 Å². The lowest BCUT2D eigenvalue weighted by atomic mass is 9.69. The Balaban J connectivity index is 1.97. The molecule has 21 heavy (non-hydrogen) atoms. The van der Waals surface area contributed by atoms with Crippen LogP contribution in [0.5, 0.6) is 0 Å². The number of hydrogen-bond donors (Lipinski definition) is 1. The molecule has 0 heterocycles. The maximum Gasteiger partial charge on any atom is 0.00966 e. The van der Waals surface area contributed by atoms with Gasteiger partial charge in [-0.05, 0) is 62.4 Å². The van der Waals surface area contributed by atoms with Crippen LogP contribution in [0.2, 0.25) is 0 Å². The van der Waals surface area contributed by atoms with Crippen LogP contribution in [0.25, 0.3) is 0 Å². The summed E-state index contributed by atoms with van der Waals surface area (Å²) in [5.74, 6) is 1.75. The van der Waals surface area contributed by atoms with Crippen LogP contribution < -0.4 is 5.32 Å². The third-order valence-electron chi connectivity index (χ3n) is 5.53. The zero-order chi connectivity index (χ0) is 15.3. The lowest BCUT2D eigenvalue weighted by Gasteiger charge is -2.44. The molecule has 1 N–H and O–H groups in total. The second kappa shape index (κ2) is 7.97. The van der Waals surface area contributed by atoms with E-state index in [0.29, 0.717) is 5.41 Å². The van der Waals surface area contributed by atoms with Crippen LogP contribution in [0.15, 0.2) is 0 Å². The summed E-state index contributed by atoms with van der Waals surface area (Å²) in [6.45, 7) is 14.5. The van der Waals surface area contributed by atoms with E-state index in [0.717, 1.165) is 24.4 Å². The van der Waals surface area contributed by atoms with Crippen molar-refractivity contribution in [3.63, 3.8) is 0 Å². The van der Waals surface area contributed by atoms with Crippen molar-refractivity contribution in [2.75, 3.05) is 26.2 Å². The van der Waals surface area contributed by atoms with Gasteiger partial charge in [0.1, 0.15) is 0 Å². The molecule has 2 fully saturated rings. The Labute approximate surface area is 133 Å². The second-order valence-corrected chi connectivity index (χ2v) is 8.37. The van der Waals surface area contributed by atoms with Crippen LogP contribution in [-0.4, -0.2) is 37.1 Å². The van der Waals surface area contributed by atoms with E-state index < -0.39 is 0 Å². The smallest absolute Gasteiger partial charge is 0.00966 e. The second-order valence-electron chi connectivity index (χ2n) is 8.37. The number of rotatable bonds is 9. The van der Waals surface area contributed by atoms with E-state index in [1.165, 1.54) is 64.6 Å². The van der Waals surface area contributed by atoms with Gasteiger partial charge in [-0.1, -0.05) is 40.5 Å². The van der Waals surface area contributed by atoms with Gasteiger partial charge in [0.05, 0.1) is 0 Å². The molecule has 0 aromatic heterocycles. The van der Waals surface area contributed by atoms with E-state index in [-0.39, 0.29) is 0 Å². The molecule has 2 aliphatic carbocycles. The third-order valence-corrected chi connectivity index (χ3v) is 5.53. The largest absolute Gasteiger partial charge is 0.316 e. The van der Waals surface area contributed by atoms with Gasteiger partial charge >= 0.3 is 0 Å². The molecular formula is C19H38N2. The molecule has 0 aliphatic heterocycles. The summed E-state index contributed by atoms with van der Waals surface area (Å²) in [6, 6.07) is 0.916. The number of nitrogens with zero attached hydrogens (tertiary/aromatic N) is 1. The molecule has 0 aromatic rings. The quantitative estimate of drug-likeness (QED) is 0.682. The molecule has 2 heteroatoms. The maximum atomic E-state index is 3.68. The monoisotopic (exact) mass is 294 g/mol. The first-order valence-corrected chi connectivity index (χ1v) is 9.49. The Hall–Kier alpha value is -0.0800. The van der Waals surface area contributed by atoms with Gasteiger partial charge in [0.15, 0.2) is 0 Å². The van der Waals surface area contributed by atoms with Gasteiger partial charge in [0.25, 0.3) is 0 Å². The Morgan fingerprint density at radius 3 is 2.57 bits per heavy atom. The lowest BCUT2D eigenvalue weighted by Crippen LogP contribution is -2.47. The zero-order valence-corrected chi connectivity index (χ0v) is 15.0. The van der Waals surface area contributed by atoms with Gasteiger partial charge in [-0.2, -0.15) is 0 Å².